The molecule has 0 aliphatic carbocycles. The van der Waals surface area contributed by atoms with Gasteiger partial charge in [0.2, 0.25) is 0 Å². The van der Waals surface area contributed by atoms with Gasteiger partial charge in [-0.1, -0.05) is 26.0 Å². The first kappa shape index (κ1) is 15.3. The normalized spacial score (nSPS) is 21.6. The zero-order valence-electron chi connectivity index (χ0n) is 12.8. The van der Waals surface area contributed by atoms with Crippen molar-refractivity contribution in [3.05, 3.63) is 29.8 Å². The summed E-state index contributed by atoms with van der Waals surface area (Å²) in [7, 11) is 0. The fourth-order valence-electron chi connectivity index (χ4n) is 2.35. The smallest absolute Gasteiger partial charge is 0.197 e. The number of hydrogen-bond donors (Lipinski definition) is 0. The number of hydrogen-bond acceptors (Lipinski definition) is 3. The first-order valence-corrected chi connectivity index (χ1v) is 7.69. The van der Waals surface area contributed by atoms with E-state index in [9.17, 15) is 0 Å². The summed E-state index contributed by atoms with van der Waals surface area (Å²) in [6.07, 6.45) is 3.39. The van der Waals surface area contributed by atoms with E-state index in [0.29, 0.717) is 12.5 Å². The molecule has 1 saturated heterocycles. The average molecular weight is 278 g/mol. The van der Waals surface area contributed by atoms with Gasteiger partial charge in [-0.05, 0) is 49.8 Å². The summed E-state index contributed by atoms with van der Waals surface area (Å²) in [5.41, 5.74) is 1.35. The molecule has 0 bridgehead atoms. The predicted molar refractivity (Wildman–Crippen MR) is 80.2 cm³/mol. The molecule has 0 amide bonds. The van der Waals surface area contributed by atoms with E-state index in [2.05, 4.69) is 26.0 Å². The highest BCUT2D eigenvalue weighted by molar-refractivity contribution is 5.29. The van der Waals surface area contributed by atoms with E-state index in [1.54, 1.807) is 0 Å². The molecule has 1 heterocycles. The zero-order chi connectivity index (χ0) is 14.4. The van der Waals surface area contributed by atoms with Crippen LogP contribution in [0.3, 0.4) is 0 Å². The third-order valence-electron chi connectivity index (χ3n) is 3.90. The summed E-state index contributed by atoms with van der Waals surface area (Å²) >= 11 is 0. The van der Waals surface area contributed by atoms with E-state index in [0.717, 1.165) is 31.6 Å². The van der Waals surface area contributed by atoms with Gasteiger partial charge in [-0.15, -0.1) is 0 Å². The van der Waals surface area contributed by atoms with Crippen molar-refractivity contribution in [2.75, 3.05) is 13.2 Å². The first-order chi connectivity index (χ1) is 9.69. The number of ether oxygens (including phenoxy) is 3. The van der Waals surface area contributed by atoms with Crippen molar-refractivity contribution in [2.24, 2.45) is 0 Å². The molecular formula is C17H26O3. The Bertz CT molecular complexity index is 382. The second-order valence-electron chi connectivity index (χ2n) is 5.53. The molecule has 3 nitrogen and oxygen atoms in total. The fourth-order valence-corrected chi connectivity index (χ4v) is 2.35. The second-order valence-corrected chi connectivity index (χ2v) is 5.53. The van der Waals surface area contributed by atoms with Crippen LogP contribution in [-0.4, -0.2) is 25.6 Å². The Hall–Kier alpha value is -1.06. The number of rotatable bonds is 7. The van der Waals surface area contributed by atoms with Gasteiger partial charge in [-0.2, -0.15) is 0 Å². The van der Waals surface area contributed by atoms with Gasteiger partial charge >= 0.3 is 0 Å². The summed E-state index contributed by atoms with van der Waals surface area (Å²) in [5, 5.41) is 0. The fraction of sp³-hybridized carbons (Fsp3) is 0.647. The second kappa shape index (κ2) is 7.65. The molecule has 3 unspecified atom stereocenters. The highest BCUT2D eigenvalue weighted by Crippen LogP contribution is 2.22. The predicted octanol–water partition coefficient (Wildman–Crippen LogP) is 4.12. The highest BCUT2D eigenvalue weighted by atomic mass is 16.7. The summed E-state index contributed by atoms with van der Waals surface area (Å²) in [5.74, 6) is 1.45. The minimum Gasteiger partial charge on any atom is -0.465 e. The van der Waals surface area contributed by atoms with E-state index in [1.165, 1.54) is 5.56 Å². The monoisotopic (exact) mass is 278 g/mol. The summed E-state index contributed by atoms with van der Waals surface area (Å²) in [4.78, 5) is 0. The maximum absolute atomic E-state index is 5.76. The summed E-state index contributed by atoms with van der Waals surface area (Å²) < 4.78 is 17.0. The minimum absolute atomic E-state index is 0.242. The van der Waals surface area contributed by atoms with Crippen molar-refractivity contribution in [1.29, 1.82) is 0 Å². The van der Waals surface area contributed by atoms with E-state index in [4.69, 9.17) is 14.2 Å². The third-order valence-corrected chi connectivity index (χ3v) is 3.90. The Labute approximate surface area is 122 Å². The van der Waals surface area contributed by atoms with E-state index >= 15 is 0 Å². The number of benzene rings is 1. The minimum atomic E-state index is -0.242. The summed E-state index contributed by atoms with van der Waals surface area (Å²) in [6.45, 7) is 7.85. The van der Waals surface area contributed by atoms with E-state index in [-0.39, 0.29) is 12.4 Å². The van der Waals surface area contributed by atoms with Crippen LogP contribution in [0.2, 0.25) is 0 Å². The highest BCUT2D eigenvalue weighted by Gasteiger charge is 2.17. The standard InChI is InChI=1S/C17H26O3/c1-4-13(2)15-7-9-16(10-8-15)20-14(3)19-12-17-6-5-11-18-17/h7-10,13-14,17H,4-6,11-12H2,1-3H3. The Balaban J connectivity index is 1.76. The molecule has 0 radical (unpaired) electrons. The Morgan fingerprint density at radius 1 is 1.25 bits per heavy atom. The molecule has 0 spiro atoms. The van der Waals surface area contributed by atoms with Crippen LogP contribution in [0.4, 0.5) is 0 Å². The van der Waals surface area contributed by atoms with Gasteiger partial charge in [-0.25, -0.2) is 0 Å². The molecule has 20 heavy (non-hydrogen) atoms. The topological polar surface area (TPSA) is 27.7 Å². The van der Waals surface area contributed by atoms with Crippen molar-refractivity contribution >= 4 is 0 Å². The molecule has 112 valence electrons. The molecule has 1 aromatic rings. The maximum atomic E-state index is 5.76. The molecule has 0 saturated carbocycles. The van der Waals surface area contributed by atoms with Crippen LogP contribution >= 0.6 is 0 Å². The molecule has 1 aliphatic rings. The van der Waals surface area contributed by atoms with Crippen LogP contribution in [0, 0.1) is 0 Å². The average Bonchev–Trinajstić information content (AvgIpc) is 2.98. The van der Waals surface area contributed by atoms with E-state index < -0.39 is 0 Å². The van der Waals surface area contributed by atoms with Crippen LogP contribution in [0.1, 0.15) is 51.5 Å². The van der Waals surface area contributed by atoms with Crippen LogP contribution < -0.4 is 4.74 Å². The van der Waals surface area contributed by atoms with Gasteiger partial charge in [0.15, 0.2) is 6.29 Å². The lowest BCUT2D eigenvalue weighted by Crippen LogP contribution is -2.23. The van der Waals surface area contributed by atoms with Crippen LogP contribution in [0.25, 0.3) is 0 Å². The van der Waals surface area contributed by atoms with Crippen LogP contribution in [0.15, 0.2) is 24.3 Å². The third kappa shape index (κ3) is 4.50. The van der Waals surface area contributed by atoms with Crippen molar-refractivity contribution in [3.63, 3.8) is 0 Å². The molecule has 1 aliphatic heterocycles. The molecule has 0 N–H and O–H groups in total. The lowest BCUT2D eigenvalue weighted by atomic mass is 9.99. The quantitative estimate of drug-likeness (QED) is 0.702. The van der Waals surface area contributed by atoms with Gasteiger partial charge in [-0.3, -0.25) is 0 Å². The van der Waals surface area contributed by atoms with E-state index in [1.807, 2.05) is 19.1 Å². The summed E-state index contributed by atoms with van der Waals surface area (Å²) in [6, 6.07) is 8.31. The largest absolute Gasteiger partial charge is 0.465 e. The maximum Gasteiger partial charge on any atom is 0.197 e. The van der Waals surface area contributed by atoms with Gasteiger partial charge in [0, 0.05) is 6.61 Å². The Morgan fingerprint density at radius 3 is 2.60 bits per heavy atom. The Kier molecular flexibility index (Phi) is 5.86. The molecule has 0 aromatic heterocycles. The lowest BCUT2D eigenvalue weighted by Gasteiger charge is -2.18. The van der Waals surface area contributed by atoms with Gasteiger partial charge < -0.3 is 14.2 Å². The van der Waals surface area contributed by atoms with Crippen molar-refractivity contribution in [1.82, 2.24) is 0 Å². The van der Waals surface area contributed by atoms with Crippen molar-refractivity contribution in [2.45, 2.75) is 58.3 Å². The molecular weight excluding hydrogens is 252 g/mol. The first-order valence-electron chi connectivity index (χ1n) is 7.69. The molecule has 1 fully saturated rings. The lowest BCUT2D eigenvalue weighted by molar-refractivity contribution is -0.0968. The molecule has 2 rings (SSSR count). The van der Waals surface area contributed by atoms with Crippen molar-refractivity contribution in [3.8, 4) is 5.75 Å². The van der Waals surface area contributed by atoms with Crippen LogP contribution in [0.5, 0.6) is 5.75 Å². The Morgan fingerprint density at radius 2 is 2.00 bits per heavy atom. The molecule has 3 atom stereocenters. The zero-order valence-corrected chi connectivity index (χ0v) is 12.8. The van der Waals surface area contributed by atoms with Gasteiger partial charge in [0.1, 0.15) is 5.75 Å². The molecule has 1 aromatic carbocycles. The van der Waals surface area contributed by atoms with Crippen LogP contribution in [-0.2, 0) is 9.47 Å². The van der Waals surface area contributed by atoms with Gasteiger partial charge in [0.25, 0.3) is 0 Å². The molecule has 3 heteroatoms. The SMILES string of the molecule is CCC(C)c1ccc(OC(C)OCC2CCCO2)cc1. The van der Waals surface area contributed by atoms with Crippen molar-refractivity contribution < 1.29 is 14.2 Å². The van der Waals surface area contributed by atoms with Gasteiger partial charge in [0.05, 0.1) is 12.7 Å².